The molecule has 2 heterocycles. The largest absolute Gasteiger partial charge is 0.351 e. The van der Waals surface area contributed by atoms with Crippen molar-refractivity contribution in [3.8, 4) is 11.3 Å². The highest BCUT2D eigenvalue weighted by molar-refractivity contribution is 7.92. The van der Waals surface area contributed by atoms with Crippen LogP contribution in [-0.2, 0) is 22.9 Å². The maximum atomic E-state index is 12.9. The predicted octanol–water partition coefficient (Wildman–Crippen LogP) is 6.41. The van der Waals surface area contributed by atoms with E-state index in [9.17, 15) is 8.42 Å². The van der Waals surface area contributed by atoms with Crippen LogP contribution in [0.1, 0.15) is 57.1 Å². The molecule has 8 nitrogen and oxygen atoms in total. The van der Waals surface area contributed by atoms with Gasteiger partial charge in [-0.05, 0) is 67.1 Å². The Morgan fingerprint density at radius 3 is 2.47 bits per heavy atom. The molecule has 0 unspecified atom stereocenters. The Balaban J connectivity index is 1.45. The van der Waals surface area contributed by atoms with E-state index in [1.807, 2.05) is 25.3 Å². The van der Waals surface area contributed by atoms with E-state index in [-0.39, 0.29) is 15.7 Å². The van der Waals surface area contributed by atoms with Gasteiger partial charge in [0.15, 0.2) is 5.82 Å². The number of aryl methyl sites for hydroxylation is 2. The highest BCUT2D eigenvalue weighted by Crippen LogP contribution is 2.30. The van der Waals surface area contributed by atoms with E-state index in [1.165, 1.54) is 31.4 Å². The van der Waals surface area contributed by atoms with E-state index >= 15 is 0 Å². The van der Waals surface area contributed by atoms with Gasteiger partial charge < -0.3 is 5.32 Å². The normalized spacial score (nSPS) is 14.5. The Labute approximate surface area is 228 Å². The Morgan fingerprint density at radius 1 is 0.974 bits per heavy atom. The molecule has 0 amide bonds. The lowest BCUT2D eigenvalue weighted by atomic mass is 9.96. The van der Waals surface area contributed by atoms with Crippen LogP contribution < -0.4 is 10.0 Å². The topological polar surface area (TPSA) is 110 Å². The molecule has 5 rings (SSSR count). The summed E-state index contributed by atoms with van der Waals surface area (Å²) in [6.45, 7) is 4.05. The zero-order valence-corrected chi connectivity index (χ0v) is 23.1. The second-order valence-corrected chi connectivity index (χ2v) is 11.7. The second kappa shape index (κ2) is 11.2. The number of nitrogens with one attached hydrogen (secondary N) is 2. The van der Waals surface area contributed by atoms with Crippen LogP contribution in [-0.4, -0.2) is 34.6 Å². The van der Waals surface area contributed by atoms with Gasteiger partial charge in [0.05, 0.1) is 16.2 Å². The zero-order chi connectivity index (χ0) is 26.7. The molecule has 0 spiro atoms. The third-order valence-corrected chi connectivity index (χ3v) is 8.83. The summed E-state index contributed by atoms with van der Waals surface area (Å²) in [6.07, 6.45) is 9.33. The molecular weight excluding hydrogens is 520 g/mol. The Morgan fingerprint density at radius 2 is 1.74 bits per heavy atom. The molecule has 198 valence electrons. The van der Waals surface area contributed by atoms with Crippen molar-refractivity contribution in [2.75, 3.05) is 10.0 Å². The number of nitrogens with zero attached hydrogens (tertiary/aromatic N) is 4. The maximum Gasteiger partial charge on any atom is 0.264 e. The van der Waals surface area contributed by atoms with E-state index in [2.05, 4.69) is 38.2 Å². The number of hydrogen-bond donors (Lipinski definition) is 2. The van der Waals surface area contributed by atoms with Gasteiger partial charge in [0.2, 0.25) is 5.95 Å². The Hall–Kier alpha value is -3.30. The van der Waals surface area contributed by atoms with Crippen LogP contribution in [0.3, 0.4) is 0 Å². The van der Waals surface area contributed by atoms with Crippen LogP contribution in [0.5, 0.6) is 0 Å². The van der Waals surface area contributed by atoms with Crippen LogP contribution in [0.2, 0.25) is 5.02 Å². The summed E-state index contributed by atoms with van der Waals surface area (Å²) in [7, 11) is -3.92. The van der Waals surface area contributed by atoms with Gasteiger partial charge in [-0.1, -0.05) is 56.8 Å². The third-order valence-electron chi connectivity index (χ3n) is 6.99. The molecule has 0 bridgehead atoms. The minimum atomic E-state index is -3.92. The molecule has 0 atom stereocenters. The van der Waals surface area contributed by atoms with E-state index in [4.69, 9.17) is 16.6 Å². The molecule has 1 saturated carbocycles. The fourth-order valence-electron chi connectivity index (χ4n) is 4.91. The minimum absolute atomic E-state index is 0.00550. The fraction of sp³-hybridized carbons (Fsp3) is 0.357. The SMILES string of the molecule is CCc1cc(-c2cc(CC)c3nc(NC4CCCCC4)ncc3c2)nnc1NS(=O)(=O)c1ccccc1Cl. The summed E-state index contributed by atoms with van der Waals surface area (Å²) in [5, 5.41) is 13.2. The number of halogens is 1. The van der Waals surface area contributed by atoms with Gasteiger partial charge in [-0.2, -0.15) is 0 Å². The van der Waals surface area contributed by atoms with Crippen molar-refractivity contribution in [3.63, 3.8) is 0 Å². The standard InChI is InChI=1S/C28H31ClN6O2S/c1-3-18-14-20(15-21-17-30-28(32-26(18)21)31-22-10-6-5-7-11-22)24-16-19(4-2)27(34-33-24)35-38(36,37)25-13-9-8-12-23(25)29/h8-9,12-17,22H,3-7,10-11H2,1-2H3,(H,34,35)(H,30,31,32). The smallest absolute Gasteiger partial charge is 0.264 e. The molecule has 4 aromatic rings. The van der Waals surface area contributed by atoms with Gasteiger partial charge in [0.25, 0.3) is 10.0 Å². The molecule has 2 N–H and O–H groups in total. The summed E-state index contributed by atoms with van der Waals surface area (Å²) in [4.78, 5) is 9.44. The molecular formula is C28H31ClN6O2S. The van der Waals surface area contributed by atoms with Gasteiger partial charge in [-0.25, -0.2) is 18.4 Å². The lowest BCUT2D eigenvalue weighted by Crippen LogP contribution is -2.23. The van der Waals surface area contributed by atoms with Crippen molar-refractivity contribution in [1.82, 2.24) is 20.2 Å². The molecule has 0 aliphatic heterocycles. The zero-order valence-electron chi connectivity index (χ0n) is 21.5. The van der Waals surface area contributed by atoms with E-state index in [0.29, 0.717) is 24.1 Å². The van der Waals surface area contributed by atoms with Crippen molar-refractivity contribution >= 4 is 44.3 Å². The molecule has 1 fully saturated rings. The molecule has 2 aromatic heterocycles. The first-order valence-electron chi connectivity index (χ1n) is 13.1. The fourth-order valence-corrected chi connectivity index (χ4v) is 6.47. The first kappa shape index (κ1) is 26.3. The summed E-state index contributed by atoms with van der Waals surface area (Å²) in [5.74, 6) is 0.865. The first-order chi connectivity index (χ1) is 18.4. The summed E-state index contributed by atoms with van der Waals surface area (Å²) < 4.78 is 28.4. The van der Waals surface area contributed by atoms with Crippen LogP contribution in [0.15, 0.2) is 53.6 Å². The molecule has 0 saturated heterocycles. The van der Waals surface area contributed by atoms with Crippen molar-refractivity contribution in [2.24, 2.45) is 0 Å². The maximum absolute atomic E-state index is 12.9. The molecule has 2 aromatic carbocycles. The number of fused-ring (bicyclic) bond motifs is 1. The number of aromatic nitrogens is 4. The number of hydrogen-bond acceptors (Lipinski definition) is 7. The average Bonchev–Trinajstić information content (AvgIpc) is 2.93. The number of benzene rings is 2. The molecule has 0 radical (unpaired) electrons. The van der Waals surface area contributed by atoms with Gasteiger partial charge in [-0.3, -0.25) is 4.72 Å². The van der Waals surface area contributed by atoms with Crippen molar-refractivity contribution in [3.05, 3.63) is 64.8 Å². The van der Waals surface area contributed by atoms with Gasteiger partial charge in [0.1, 0.15) is 4.90 Å². The molecule has 38 heavy (non-hydrogen) atoms. The van der Waals surface area contributed by atoms with E-state index in [1.54, 1.807) is 12.1 Å². The van der Waals surface area contributed by atoms with Crippen LogP contribution in [0, 0.1) is 0 Å². The molecule has 10 heteroatoms. The minimum Gasteiger partial charge on any atom is -0.351 e. The van der Waals surface area contributed by atoms with Crippen LogP contribution >= 0.6 is 11.6 Å². The number of anilines is 2. The van der Waals surface area contributed by atoms with Crippen LogP contribution in [0.25, 0.3) is 22.2 Å². The van der Waals surface area contributed by atoms with Gasteiger partial charge in [-0.15, -0.1) is 10.2 Å². The summed E-state index contributed by atoms with van der Waals surface area (Å²) in [6, 6.07) is 12.7. The van der Waals surface area contributed by atoms with Crippen molar-refractivity contribution in [2.45, 2.75) is 69.7 Å². The second-order valence-electron chi connectivity index (χ2n) is 9.59. The van der Waals surface area contributed by atoms with Gasteiger partial charge in [0, 0.05) is 23.2 Å². The highest BCUT2D eigenvalue weighted by Gasteiger charge is 2.21. The van der Waals surface area contributed by atoms with Crippen molar-refractivity contribution < 1.29 is 8.42 Å². The van der Waals surface area contributed by atoms with Gasteiger partial charge >= 0.3 is 0 Å². The summed E-state index contributed by atoms with van der Waals surface area (Å²) >= 11 is 6.12. The van der Waals surface area contributed by atoms with E-state index in [0.717, 1.165) is 46.9 Å². The average molecular weight is 551 g/mol. The number of sulfonamides is 1. The number of rotatable bonds is 8. The summed E-state index contributed by atoms with van der Waals surface area (Å²) in [5.41, 5.74) is 4.29. The monoisotopic (exact) mass is 550 g/mol. The van der Waals surface area contributed by atoms with E-state index < -0.39 is 10.0 Å². The van der Waals surface area contributed by atoms with Crippen LogP contribution in [0.4, 0.5) is 11.8 Å². The Kier molecular flexibility index (Phi) is 7.76. The third kappa shape index (κ3) is 5.59. The highest BCUT2D eigenvalue weighted by atomic mass is 35.5. The Bertz CT molecular complexity index is 1570. The predicted molar refractivity (Wildman–Crippen MR) is 152 cm³/mol. The first-order valence-corrected chi connectivity index (χ1v) is 14.9. The quantitative estimate of drug-likeness (QED) is 0.261. The lowest BCUT2D eigenvalue weighted by molar-refractivity contribution is 0.461. The lowest BCUT2D eigenvalue weighted by Gasteiger charge is -2.22. The van der Waals surface area contributed by atoms with Crippen molar-refractivity contribution in [1.29, 1.82) is 0 Å². The molecule has 1 aliphatic rings. The molecule has 1 aliphatic carbocycles.